The van der Waals surface area contributed by atoms with E-state index in [1.807, 2.05) is 5.32 Å². The number of hydrogen-bond acceptors (Lipinski definition) is 10. The second-order valence-corrected chi connectivity index (χ2v) is 7.12. The quantitative estimate of drug-likeness (QED) is 0.446. The van der Waals surface area contributed by atoms with Gasteiger partial charge in [-0.3, -0.25) is 5.32 Å². The third kappa shape index (κ3) is 6.51. The summed E-state index contributed by atoms with van der Waals surface area (Å²) in [6.45, 7) is 0. The number of carbonyl (C=O) groups is 1. The maximum absolute atomic E-state index is 13.0. The molecule has 0 bridgehead atoms. The molecule has 0 aliphatic carbocycles. The first-order valence-corrected chi connectivity index (χ1v) is 9.39. The van der Waals surface area contributed by atoms with Gasteiger partial charge in [0.05, 0.1) is 25.9 Å². The minimum Gasteiger partial charge on any atom is -0.481 e. The van der Waals surface area contributed by atoms with E-state index in [1.165, 1.54) is 30.9 Å². The fraction of sp³-hybridized carbons (Fsp3) is 0.333. The van der Waals surface area contributed by atoms with Gasteiger partial charge in [0.15, 0.2) is 5.04 Å². The number of rotatable bonds is 4. The monoisotopic (exact) mass is 488 g/mol. The SMILES string of the molecule is COc1cc(OC)nc(NC(=O)NS(=O)(=O)C2=NC(C(F)(F)F)=CC(=C=O)C2OC)n1.[Na]. The number of aromatic nitrogens is 2. The molecule has 1 atom stereocenters. The van der Waals surface area contributed by atoms with Crippen LogP contribution in [0.25, 0.3) is 0 Å². The summed E-state index contributed by atoms with van der Waals surface area (Å²) in [4.78, 5) is 33.6. The first-order chi connectivity index (χ1) is 14.4. The van der Waals surface area contributed by atoms with Crippen molar-refractivity contribution in [2.75, 3.05) is 26.6 Å². The predicted molar refractivity (Wildman–Crippen MR) is 104 cm³/mol. The van der Waals surface area contributed by atoms with E-state index >= 15 is 0 Å². The molecule has 0 saturated carbocycles. The molecule has 169 valence electrons. The van der Waals surface area contributed by atoms with E-state index in [4.69, 9.17) is 14.2 Å². The third-order valence-corrected chi connectivity index (χ3v) is 4.81. The number of hydrogen-bond donors (Lipinski definition) is 2. The Bertz CT molecular complexity index is 1080. The van der Waals surface area contributed by atoms with Gasteiger partial charge >= 0.3 is 12.2 Å². The van der Waals surface area contributed by atoms with Gasteiger partial charge in [-0.05, 0) is 6.08 Å². The molecule has 2 rings (SSSR count). The van der Waals surface area contributed by atoms with E-state index in [0.717, 1.165) is 7.11 Å². The molecule has 2 amide bonds. The molecule has 17 heteroatoms. The Labute approximate surface area is 201 Å². The van der Waals surface area contributed by atoms with E-state index < -0.39 is 50.6 Å². The number of nitrogens with one attached hydrogen (secondary N) is 2. The number of carbonyl (C=O) groups excluding carboxylic acids is 2. The molecule has 0 fully saturated rings. The fourth-order valence-corrected chi connectivity index (χ4v) is 3.32. The first-order valence-electron chi connectivity index (χ1n) is 7.91. The van der Waals surface area contributed by atoms with Gasteiger partial charge in [0.1, 0.15) is 17.7 Å². The summed E-state index contributed by atoms with van der Waals surface area (Å²) in [6.07, 6.45) is -6.63. The van der Waals surface area contributed by atoms with Gasteiger partial charge in [0.2, 0.25) is 17.7 Å². The Morgan fingerprint density at radius 2 is 1.72 bits per heavy atom. The number of alkyl halides is 3. The zero-order chi connectivity index (χ0) is 23.4. The normalized spacial score (nSPS) is 16.1. The predicted octanol–water partition coefficient (Wildman–Crippen LogP) is 0.196. The summed E-state index contributed by atoms with van der Waals surface area (Å²) in [5.41, 5.74) is -2.48. The summed E-state index contributed by atoms with van der Waals surface area (Å²) < 4.78 is 80.1. The van der Waals surface area contributed by atoms with Crippen molar-refractivity contribution in [1.29, 1.82) is 0 Å². The van der Waals surface area contributed by atoms with Crippen molar-refractivity contribution in [3.8, 4) is 11.8 Å². The van der Waals surface area contributed by atoms with E-state index in [0.29, 0.717) is 0 Å². The van der Waals surface area contributed by atoms with E-state index in [1.54, 1.807) is 0 Å². The van der Waals surface area contributed by atoms with Crippen LogP contribution >= 0.6 is 0 Å². The van der Waals surface area contributed by atoms with Crippen LogP contribution in [0.4, 0.5) is 23.9 Å². The minimum atomic E-state index is -5.09. The molecular weight excluding hydrogens is 474 g/mol. The maximum atomic E-state index is 13.0. The van der Waals surface area contributed by atoms with Crippen LogP contribution in [0, 0.1) is 0 Å². The summed E-state index contributed by atoms with van der Waals surface area (Å²) >= 11 is 0. The number of amides is 2. The van der Waals surface area contributed by atoms with Crippen LogP contribution in [-0.2, 0) is 19.6 Å². The molecule has 1 radical (unpaired) electrons. The molecular formula is C15H14F3N5NaO7S. The van der Waals surface area contributed by atoms with E-state index in [9.17, 15) is 31.2 Å². The molecule has 0 spiro atoms. The Morgan fingerprint density at radius 1 is 1.16 bits per heavy atom. The molecule has 2 N–H and O–H groups in total. The van der Waals surface area contributed by atoms with Crippen LogP contribution in [0.15, 0.2) is 28.4 Å². The van der Waals surface area contributed by atoms with Crippen molar-refractivity contribution < 1.29 is 45.4 Å². The number of sulfonamides is 1. The summed E-state index contributed by atoms with van der Waals surface area (Å²) in [6, 6.07) is -0.189. The van der Waals surface area contributed by atoms with Gasteiger partial charge in [-0.15, -0.1) is 0 Å². The molecule has 1 aromatic heterocycles. The molecule has 1 aliphatic heterocycles. The molecule has 1 unspecified atom stereocenters. The van der Waals surface area contributed by atoms with Gasteiger partial charge in [-0.25, -0.2) is 19.3 Å². The summed E-state index contributed by atoms with van der Waals surface area (Å²) in [7, 11) is -1.59. The van der Waals surface area contributed by atoms with Crippen LogP contribution in [0.1, 0.15) is 0 Å². The number of urea groups is 1. The fourth-order valence-electron chi connectivity index (χ4n) is 2.19. The summed E-state index contributed by atoms with van der Waals surface area (Å²) in [5.74, 6) is 0.649. The molecule has 32 heavy (non-hydrogen) atoms. The van der Waals surface area contributed by atoms with Gasteiger partial charge in [-0.2, -0.15) is 31.6 Å². The second kappa shape index (κ2) is 10.9. The smallest absolute Gasteiger partial charge is 0.433 e. The Kier molecular flexibility index (Phi) is 9.37. The Balaban J connectivity index is 0.00000512. The van der Waals surface area contributed by atoms with Crippen LogP contribution in [0.2, 0.25) is 0 Å². The average molecular weight is 488 g/mol. The van der Waals surface area contributed by atoms with Crippen LogP contribution in [-0.4, -0.2) is 98.6 Å². The molecule has 0 aromatic carbocycles. The van der Waals surface area contributed by atoms with Crippen molar-refractivity contribution in [3.63, 3.8) is 0 Å². The maximum Gasteiger partial charge on any atom is 0.433 e. The molecule has 2 heterocycles. The number of halogens is 3. The molecule has 1 aromatic rings. The number of methoxy groups -OCH3 is 3. The second-order valence-electron chi connectivity index (χ2n) is 5.49. The zero-order valence-corrected chi connectivity index (χ0v) is 19.8. The number of nitrogens with zero attached hydrogens (tertiary/aromatic N) is 3. The van der Waals surface area contributed by atoms with Gasteiger partial charge in [0, 0.05) is 36.7 Å². The van der Waals surface area contributed by atoms with E-state index in [-0.39, 0.29) is 47.4 Å². The Morgan fingerprint density at radius 3 is 2.16 bits per heavy atom. The van der Waals surface area contributed by atoms with E-state index in [2.05, 4.69) is 15.0 Å². The topological polar surface area (TPSA) is 158 Å². The molecule has 0 saturated heterocycles. The van der Waals surface area contributed by atoms with Crippen molar-refractivity contribution in [1.82, 2.24) is 14.7 Å². The van der Waals surface area contributed by atoms with Crippen LogP contribution in [0.3, 0.4) is 0 Å². The third-order valence-electron chi connectivity index (χ3n) is 3.50. The van der Waals surface area contributed by atoms with Crippen molar-refractivity contribution in [3.05, 3.63) is 23.4 Å². The van der Waals surface area contributed by atoms with Crippen LogP contribution in [0.5, 0.6) is 11.8 Å². The van der Waals surface area contributed by atoms with Crippen molar-refractivity contribution in [2.24, 2.45) is 4.99 Å². The molecule has 12 nitrogen and oxygen atoms in total. The van der Waals surface area contributed by atoms with Gasteiger partial charge in [-0.1, -0.05) is 0 Å². The van der Waals surface area contributed by atoms with Gasteiger partial charge in [0.25, 0.3) is 10.0 Å². The van der Waals surface area contributed by atoms with Crippen LogP contribution < -0.4 is 19.5 Å². The van der Waals surface area contributed by atoms with Crippen molar-refractivity contribution in [2.45, 2.75) is 12.3 Å². The number of ether oxygens (including phenoxy) is 3. The van der Waals surface area contributed by atoms with Gasteiger partial charge < -0.3 is 14.2 Å². The number of allylic oxidation sites excluding steroid dienone is 1. The number of anilines is 1. The largest absolute Gasteiger partial charge is 0.481 e. The zero-order valence-electron chi connectivity index (χ0n) is 17.0. The minimum absolute atomic E-state index is 0. The first kappa shape index (κ1) is 27.5. The average Bonchev–Trinajstić information content (AvgIpc) is 2.70. The van der Waals surface area contributed by atoms with Crippen molar-refractivity contribution >= 4 is 62.5 Å². The Hall–Kier alpha value is -2.49. The standard InChI is InChI=1S/C15H14F3N5O7S.Na/c1-28-9-5-10(29-2)21-13(20-9)22-14(25)23-31(26,27)12-11(30-3)7(6-24)4-8(19-12)15(16,17)18;/h4-5,11H,1-3H3,(H2,20,21,22,23,25);. The summed E-state index contributed by atoms with van der Waals surface area (Å²) in [5, 5.41) is 0.682. The molecule has 1 aliphatic rings. The number of aliphatic imine (C=N–C) groups is 1.